The van der Waals surface area contributed by atoms with Gasteiger partial charge in [-0.2, -0.15) is 0 Å². The zero-order valence-electron chi connectivity index (χ0n) is 9.12. The van der Waals surface area contributed by atoms with E-state index in [0.717, 1.165) is 0 Å². The van der Waals surface area contributed by atoms with E-state index in [4.69, 9.17) is 7.11 Å². The molecule has 6 nitrogen and oxygen atoms in total. The Labute approximate surface area is 103 Å². The van der Waals surface area contributed by atoms with Gasteiger partial charge in [0.05, 0.1) is 11.1 Å². The summed E-state index contributed by atoms with van der Waals surface area (Å²) in [6, 6.07) is 5.66. The minimum Gasteiger partial charge on any atom is -0.452 e. The van der Waals surface area contributed by atoms with E-state index in [-0.39, 0.29) is 11.1 Å². The van der Waals surface area contributed by atoms with Crippen LogP contribution in [0, 0.1) is 14.2 Å². The van der Waals surface area contributed by atoms with Crippen molar-refractivity contribution in [2.24, 2.45) is 0 Å². The van der Waals surface area contributed by atoms with Gasteiger partial charge in [-0.05, 0) is 12.1 Å². The van der Waals surface area contributed by atoms with Gasteiger partial charge in [-0.25, -0.2) is 14.4 Å². The molecule has 0 aliphatic heterocycles. The molecule has 1 rings (SSSR count). The fraction of sp³-hybridized carbons (Fsp3) is 0.0833. The molecule has 0 atom stereocenters. The molecule has 0 bridgehead atoms. The van der Waals surface area contributed by atoms with Crippen LogP contribution < -0.4 is 0 Å². The zero-order chi connectivity index (χ0) is 13.5. The van der Waals surface area contributed by atoms with Gasteiger partial charge >= 0.3 is 17.9 Å². The minimum atomic E-state index is -0.928. The maximum absolute atomic E-state index is 11.6. The first-order valence-corrected chi connectivity index (χ1v) is 4.67. The normalized spacial score (nSPS) is 9.44. The average Bonchev–Trinajstić information content (AvgIpc) is 2.43. The Bertz CT molecular complexity index is 465. The highest BCUT2D eigenvalue weighted by Crippen LogP contribution is 2.11. The van der Waals surface area contributed by atoms with Gasteiger partial charge in [-0.1, -0.05) is 12.1 Å². The van der Waals surface area contributed by atoms with Crippen LogP contribution >= 0.6 is 0 Å². The highest BCUT2D eigenvalue weighted by atomic mass is 16.6. The Morgan fingerprint density at radius 2 is 1.50 bits per heavy atom. The summed E-state index contributed by atoms with van der Waals surface area (Å²) in [6.45, 7) is -0.665. The van der Waals surface area contributed by atoms with Crippen molar-refractivity contribution in [2.45, 2.75) is 0 Å². The summed E-state index contributed by atoms with van der Waals surface area (Å²) in [4.78, 5) is 33.5. The first-order valence-electron chi connectivity index (χ1n) is 4.67. The van der Waals surface area contributed by atoms with Gasteiger partial charge in [0.15, 0.2) is 20.8 Å². The predicted octanol–water partition coefficient (Wildman–Crippen LogP) is 0.881. The minimum absolute atomic E-state index is 0.0777. The summed E-state index contributed by atoms with van der Waals surface area (Å²) in [6.07, 6.45) is 0. The van der Waals surface area contributed by atoms with E-state index in [1.807, 2.05) is 0 Å². The quantitative estimate of drug-likeness (QED) is 0.581. The molecule has 6 heteroatoms. The monoisotopic (exact) mass is 248 g/mol. The standard InChI is InChI=1S/C12H8O6/c1-16-10(13)7-18-12(15)9-6-4-3-5-8(9)11(14)17-2/h1-6H,7H2. The highest BCUT2D eigenvalue weighted by Gasteiger charge is 2.19. The molecule has 0 aliphatic carbocycles. The largest absolute Gasteiger partial charge is 0.452 e. The molecule has 0 N–H and O–H groups in total. The fourth-order valence-electron chi connectivity index (χ4n) is 1.14. The fourth-order valence-corrected chi connectivity index (χ4v) is 1.14. The van der Waals surface area contributed by atoms with E-state index in [1.54, 1.807) is 0 Å². The number of hydrogen-bond acceptors (Lipinski definition) is 6. The van der Waals surface area contributed by atoms with Crippen LogP contribution in [-0.2, 0) is 19.0 Å². The lowest BCUT2D eigenvalue weighted by Gasteiger charge is -2.06. The van der Waals surface area contributed by atoms with Crippen LogP contribution in [0.15, 0.2) is 24.3 Å². The van der Waals surface area contributed by atoms with Crippen LogP contribution in [-0.4, -0.2) is 24.5 Å². The molecule has 0 fully saturated rings. The van der Waals surface area contributed by atoms with Crippen molar-refractivity contribution in [1.82, 2.24) is 0 Å². The Hall–Kier alpha value is -2.37. The lowest BCUT2D eigenvalue weighted by atomic mass is 10.1. The Balaban J connectivity index is 2.85. The van der Waals surface area contributed by atoms with Gasteiger partial charge in [0.1, 0.15) is 0 Å². The summed E-state index contributed by atoms with van der Waals surface area (Å²) in [7, 11) is 9.29. The van der Waals surface area contributed by atoms with E-state index in [9.17, 15) is 14.4 Å². The average molecular weight is 248 g/mol. The summed E-state index contributed by atoms with van der Waals surface area (Å²) in [5, 5.41) is 0. The van der Waals surface area contributed by atoms with E-state index in [0.29, 0.717) is 0 Å². The Kier molecular flexibility index (Phi) is 4.86. The van der Waals surface area contributed by atoms with Crippen molar-refractivity contribution in [3.05, 3.63) is 49.6 Å². The van der Waals surface area contributed by atoms with Crippen LogP contribution in [0.2, 0.25) is 0 Å². The molecule has 0 amide bonds. The van der Waals surface area contributed by atoms with Crippen molar-refractivity contribution < 1.29 is 28.6 Å². The van der Waals surface area contributed by atoms with E-state index in [1.165, 1.54) is 24.3 Å². The molecule has 1 aromatic rings. The van der Waals surface area contributed by atoms with Crippen LogP contribution in [0.3, 0.4) is 0 Å². The van der Waals surface area contributed by atoms with Crippen LogP contribution in [0.5, 0.6) is 0 Å². The molecule has 0 spiro atoms. The smallest absolute Gasteiger partial charge is 0.344 e. The molecule has 18 heavy (non-hydrogen) atoms. The number of hydrogen-bond donors (Lipinski definition) is 0. The summed E-state index contributed by atoms with van der Waals surface area (Å²) < 4.78 is 12.4. The number of carbonyl (C=O) groups excluding carboxylic acids is 3. The Morgan fingerprint density at radius 1 is 0.944 bits per heavy atom. The van der Waals surface area contributed by atoms with Gasteiger partial charge in [0.25, 0.3) is 0 Å². The van der Waals surface area contributed by atoms with Crippen LogP contribution in [0.25, 0.3) is 0 Å². The second-order valence-electron chi connectivity index (χ2n) is 3.02. The molecular weight excluding hydrogens is 240 g/mol. The number of esters is 3. The zero-order valence-corrected chi connectivity index (χ0v) is 9.12. The first-order chi connectivity index (χ1) is 8.60. The molecule has 0 aromatic heterocycles. The third-order valence-corrected chi connectivity index (χ3v) is 1.93. The van der Waals surface area contributed by atoms with Crippen molar-refractivity contribution in [2.75, 3.05) is 6.61 Å². The second kappa shape index (κ2) is 6.39. The van der Waals surface area contributed by atoms with Crippen LogP contribution in [0.4, 0.5) is 0 Å². The molecular formula is C12H8O6. The van der Waals surface area contributed by atoms with Crippen molar-refractivity contribution >= 4 is 17.9 Å². The maximum atomic E-state index is 11.6. The number of benzene rings is 1. The molecule has 0 heterocycles. The molecule has 1 aromatic carbocycles. The molecule has 4 radical (unpaired) electrons. The summed E-state index contributed by atoms with van der Waals surface area (Å²) in [5.74, 6) is -2.73. The van der Waals surface area contributed by atoms with Crippen molar-refractivity contribution in [1.29, 1.82) is 0 Å². The number of carbonyl (C=O) groups is 3. The number of rotatable bonds is 4. The van der Waals surface area contributed by atoms with Crippen molar-refractivity contribution in [3.63, 3.8) is 0 Å². The maximum Gasteiger partial charge on any atom is 0.344 e. The molecule has 0 unspecified atom stereocenters. The van der Waals surface area contributed by atoms with Crippen molar-refractivity contribution in [3.8, 4) is 0 Å². The third kappa shape index (κ3) is 3.31. The number of ether oxygens (including phenoxy) is 3. The van der Waals surface area contributed by atoms with Gasteiger partial charge in [0.2, 0.25) is 0 Å². The molecule has 0 aliphatic rings. The molecule has 92 valence electrons. The highest BCUT2D eigenvalue weighted by molar-refractivity contribution is 6.03. The van der Waals surface area contributed by atoms with Crippen LogP contribution in [0.1, 0.15) is 20.7 Å². The van der Waals surface area contributed by atoms with E-state index < -0.39 is 24.5 Å². The molecule has 0 saturated carbocycles. The molecule has 0 saturated heterocycles. The summed E-state index contributed by atoms with van der Waals surface area (Å²) >= 11 is 0. The SMILES string of the molecule is [CH]OC(=O)COC(=O)c1ccccc1C(=O)O[CH]. The first kappa shape index (κ1) is 13.7. The van der Waals surface area contributed by atoms with E-state index >= 15 is 0 Å². The second-order valence-corrected chi connectivity index (χ2v) is 3.02. The summed E-state index contributed by atoms with van der Waals surface area (Å²) in [5.41, 5.74) is -0.163. The third-order valence-electron chi connectivity index (χ3n) is 1.93. The van der Waals surface area contributed by atoms with Gasteiger partial charge in [-0.3, -0.25) is 0 Å². The Morgan fingerprint density at radius 3 is 2.00 bits per heavy atom. The topological polar surface area (TPSA) is 78.9 Å². The van der Waals surface area contributed by atoms with Gasteiger partial charge < -0.3 is 14.2 Å². The van der Waals surface area contributed by atoms with E-state index in [2.05, 4.69) is 21.3 Å². The predicted molar refractivity (Wildman–Crippen MR) is 56.8 cm³/mol. The van der Waals surface area contributed by atoms with Gasteiger partial charge in [0, 0.05) is 0 Å². The lowest BCUT2D eigenvalue weighted by Crippen LogP contribution is -2.17. The lowest BCUT2D eigenvalue weighted by molar-refractivity contribution is -0.141. The van der Waals surface area contributed by atoms with Gasteiger partial charge in [-0.15, -0.1) is 0 Å².